The molecule has 4 aromatic carbocycles. The van der Waals surface area contributed by atoms with E-state index in [1.165, 1.54) is 11.8 Å². The number of nitrogens with one attached hydrogen (secondary N) is 2. The predicted molar refractivity (Wildman–Crippen MR) is 155 cm³/mol. The van der Waals surface area contributed by atoms with Crippen molar-refractivity contribution in [2.75, 3.05) is 24.4 Å². The molecule has 5 aromatic rings. The number of hydrogen-bond donors (Lipinski definition) is 2. The topological polar surface area (TPSA) is 112 Å². The predicted octanol–water partition coefficient (Wildman–Crippen LogP) is 5.60. The molecule has 204 valence electrons. The Labute approximate surface area is 236 Å². The van der Waals surface area contributed by atoms with Gasteiger partial charge < -0.3 is 20.1 Å². The summed E-state index contributed by atoms with van der Waals surface area (Å²) < 4.78 is 12.1. The van der Waals surface area contributed by atoms with Crippen molar-refractivity contribution < 1.29 is 23.9 Å². The van der Waals surface area contributed by atoms with Crippen molar-refractivity contribution in [3.8, 4) is 22.7 Å². The Morgan fingerprint density at radius 3 is 2.15 bits per heavy atom. The number of anilines is 2. The first-order chi connectivity index (χ1) is 20.0. The lowest BCUT2D eigenvalue weighted by atomic mass is 10.1. The minimum absolute atomic E-state index is 0.188. The second-order valence-corrected chi connectivity index (χ2v) is 8.88. The van der Waals surface area contributed by atoms with Gasteiger partial charge in [0.05, 0.1) is 24.2 Å². The quantitative estimate of drug-likeness (QED) is 0.233. The van der Waals surface area contributed by atoms with Crippen LogP contribution in [0.25, 0.3) is 16.9 Å². The molecule has 2 N–H and O–H groups in total. The number of carbonyl (C=O) groups is 3. The van der Waals surface area contributed by atoms with E-state index in [1.54, 1.807) is 48.5 Å². The SMILES string of the molecule is COc1ccccc1NC(=O)c1ccc(NC(=O)COC(=O)c2cc(-c3ccccc3)nn2-c2ccccc2)cc1. The maximum absolute atomic E-state index is 13.0. The highest BCUT2D eigenvalue weighted by Crippen LogP contribution is 2.24. The normalized spacial score (nSPS) is 10.5. The van der Waals surface area contributed by atoms with Gasteiger partial charge in [-0.2, -0.15) is 5.10 Å². The Morgan fingerprint density at radius 2 is 1.44 bits per heavy atom. The highest BCUT2D eigenvalue weighted by Gasteiger charge is 2.20. The van der Waals surface area contributed by atoms with E-state index in [1.807, 2.05) is 66.7 Å². The van der Waals surface area contributed by atoms with Crippen molar-refractivity contribution in [1.29, 1.82) is 0 Å². The van der Waals surface area contributed by atoms with Crippen LogP contribution in [0.3, 0.4) is 0 Å². The van der Waals surface area contributed by atoms with E-state index in [4.69, 9.17) is 9.47 Å². The van der Waals surface area contributed by atoms with Crippen LogP contribution >= 0.6 is 0 Å². The van der Waals surface area contributed by atoms with Gasteiger partial charge in [0.1, 0.15) is 5.75 Å². The third-order valence-corrected chi connectivity index (χ3v) is 6.11. The number of benzene rings is 4. The van der Waals surface area contributed by atoms with Crippen LogP contribution in [0, 0.1) is 0 Å². The van der Waals surface area contributed by atoms with E-state index >= 15 is 0 Å². The fourth-order valence-electron chi connectivity index (χ4n) is 4.09. The third kappa shape index (κ3) is 6.48. The maximum atomic E-state index is 13.0. The van der Waals surface area contributed by atoms with Gasteiger partial charge in [0.25, 0.3) is 11.8 Å². The van der Waals surface area contributed by atoms with Crippen LogP contribution < -0.4 is 15.4 Å². The zero-order valence-electron chi connectivity index (χ0n) is 22.1. The van der Waals surface area contributed by atoms with E-state index in [0.29, 0.717) is 34.1 Å². The van der Waals surface area contributed by atoms with Gasteiger partial charge in [0.2, 0.25) is 0 Å². The fourth-order valence-corrected chi connectivity index (χ4v) is 4.09. The smallest absolute Gasteiger partial charge is 0.357 e. The average Bonchev–Trinajstić information content (AvgIpc) is 3.47. The van der Waals surface area contributed by atoms with Gasteiger partial charge in [-0.05, 0) is 54.6 Å². The number of para-hydroxylation sites is 3. The van der Waals surface area contributed by atoms with Gasteiger partial charge in [-0.1, -0.05) is 60.7 Å². The summed E-state index contributed by atoms with van der Waals surface area (Å²) in [4.78, 5) is 38.2. The van der Waals surface area contributed by atoms with Crippen molar-refractivity contribution in [2.45, 2.75) is 0 Å². The molecule has 0 unspecified atom stereocenters. The Balaban J connectivity index is 1.22. The number of hydrogen-bond acceptors (Lipinski definition) is 6. The molecule has 9 nitrogen and oxygen atoms in total. The van der Waals surface area contributed by atoms with Crippen molar-refractivity contribution in [1.82, 2.24) is 9.78 Å². The minimum atomic E-state index is -0.693. The molecule has 0 radical (unpaired) electrons. The summed E-state index contributed by atoms with van der Waals surface area (Å²) in [5.41, 5.74) is 3.69. The highest BCUT2D eigenvalue weighted by atomic mass is 16.5. The van der Waals surface area contributed by atoms with Crippen molar-refractivity contribution >= 4 is 29.2 Å². The number of esters is 1. The first-order valence-electron chi connectivity index (χ1n) is 12.7. The summed E-state index contributed by atoms with van der Waals surface area (Å²) in [6, 6.07) is 33.7. The van der Waals surface area contributed by atoms with Crippen LogP contribution in [-0.4, -0.2) is 41.3 Å². The molecule has 0 aliphatic heterocycles. The van der Waals surface area contributed by atoms with Crippen LogP contribution in [0.4, 0.5) is 11.4 Å². The molecule has 0 saturated heterocycles. The molecule has 0 aliphatic carbocycles. The molecular weight excluding hydrogens is 520 g/mol. The first-order valence-corrected chi connectivity index (χ1v) is 12.7. The number of methoxy groups -OCH3 is 1. The van der Waals surface area contributed by atoms with Crippen molar-refractivity contribution in [2.24, 2.45) is 0 Å². The van der Waals surface area contributed by atoms with Crippen LogP contribution in [0.2, 0.25) is 0 Å². The summed E-state index contributed by atoms with van der Waals surface area (Å²) in [5, 5.41) is 10.1. The molecule has 2 amide bonds. The molecule has 41 heavy (non-hydrogen) atoms. The molecule has 9 heteroatoms. The molecule has 0 saturated carbocycles. The van der Waals surface area contributed by atoms with E-state index in [9.17, 15) is 14.4 Å². The van der Waals surface area contributed by atoms with Crippen LogP contribution in [-0.2, 0) is 9.53 Å². The van der Waals surface area contributed by atoms with Crippen LogP contribution in [0.5, 0.6) is 5.75 Å². The number of aromatic nitrogens is 2. The fraction of sp³-hybridized carbons (Fsp3) is 0.0625. The molecule has 0 aliphatic rings. The molecule has 0 spiro atoms. The second kappa shape index (κ2) is 12.4. The lowest BCUT2D eigenvalue weighted by molar-refractivity contribution is -0.119. The van der Waals surface area contributed by atoms with Gasteiger partial charge in [0.15, 0.2) is 12.3 Å². The Kier molecular flexibility index (Phi) is 8.16. The van der Waals surface area contributed by atoms with Gasteiger partial charge >= 0.3 is 5.97 Å². The van der Waals surface area contributed by atoms with Crippen molar-refractivity contribution in [3.63, 3.8) is 0 Å². The number of amides is 2. The van der Waals surface area contributed by atoms with Gasteiger partial charge in [0, 0.05) is 16.8 Å². The maximum Gasteiger partial charge on any atom is 0.357 e. The largest absolute Gasteiger partial charge is 0.495 e. The van der Waals surface area contributed by atoms with Crippen LogP contribution in [0.15, 0.2) is 115 Å². The standard InChI is InChI=1S/C32H26N4O5/c1-40-29-15-9-8-14-26(29)34-31(38)23-16-18-24(19-17-23)33-30(37)21-41-32(39)28-20-27(22-10-4-2-5-11-22)35-36(28)25-12-6-3-7-13-25/h2-20H,21H2,1H3,(H,33,37)(H,34,38). The Morgan fingerprint density at radius 1 is 0.780 bits per heavy atom. The summed E-state index contributed by atoms with van der Waals surface area (Å²) in [6.07, 6.45) is 0. The number of carbonyl (C=O) groups excluding carboxylic acids is 3. The third-order valence-electron chi connectivity index (χ3n) is 6.11. The lowest BCUT2D eigenvalue weighted by Gasteiger charge is -2.11. The van der Waals surface area contributed by atoms with Gasteiger partial charge in [-0.15, -0.1) is 0 Å². The zero-order chi connectivity index (χ0) is 28.6. The monoisotopic (exact) mass is 546 g/mol. The molecule has 5 rings (SSSR count). The second-order valence-electron chi connectivity index (χ2n) is 8.88. The number of rotatable bonds is 9. The molecular formula is C32H26N4O5. The Hall–Kier alpha value is -5.70. The molecule has 0 fully saturated rings. The van der Waals surface area contributed by atoms with E-state index in [2.05, 4.69) is 15.7 Å². The molecule has 1 aromatic heterocycles. The summed E-state index contributed by atoms with van der Waals surface area (Å²) in [5.74, 6) is -1.01. The average molecular weight is 547 g/mol. The zero-order valence-corrected chi connectivity index (χ0v) is 22.1. The van der Waals surface area contributed by atoms with E-state index < -0.39 is 18.5 Å². The summed E-state index contributed by atoms with van der Waals surface area (Å²) >= 11 is 0. The molecule has 0 bridgehead atoms. The minimum Gasteiger partial charge on any atom is -0.495 e. The van der Waals surface area contributed by atoms with Crippen LogP contribution in [0.1, 0.15) is 20.8 Å². The van der Waals surface area contributed by atoms with Crippen molar-refractivity contribution in [3.05, 3.63) is 127 Å². The number of ether oxygens (including phenoxy) is 2. The first kappa shape index (κ1) is 26.9. The van der Waals surface area contributed by atoms with Gasteiger partial charge in [-0.3, -0.25) is 9.59 Å². The van der Waals surface area contributed by atoms with Gasteiger partial charge in [-0.25, -0.2) is 9.48 Å². The summed E-state index contributed by atoms with van der Waals surface area (Å²) in [7, 11) is 1.53. The highest BCUT2D eigenvalue weighted by molar-refractivity contribution is 6.05. The Bertz CT molecular complexity index is 1670. The molecule has 0 atom stereocenters. The molecule has 1 heterocycles. The number of nitrogens with zero attached hydrogens (tertiary/aromatic N) is 2. The lowest BCUT2D eigenvalue weighted by Crippen LogP contribution is -2.22. The van der Waals surface area contributed by atoms with E-state index in [-0.39, 0.29) is 11.6 Å². The summed E-state index contributed by atoms with van der Waals surface area (Å²) in [6.45, 7) is -0.504. The van der Waals surface area contributed by atoms with E-state index in [0.717, 1.165) is 5.56 Å².